The molecule has 2 aliphatic rings. The first-order valence-electron chi connectivity index (χ1n) is 14.6. The van der Waals surface area contributed by atoms with Crippen molar-refractivity contribution in [2.75, 3.05) is 19.4 Å². The third-order valence-electron chi connectivity index (χ3n) is 8.17. The lowest BCUT2D eigenvalue weighted by atomic mass is 9.95. The molecule has 1 aliphatic heterocycles. The van der Waals surface area contributed by atoms with Crippen LogP contribution in [-0.4, -0.2) is 52.6 Å². The summed E-state index contributed by atoms with van der Waals surface area (Å²) in [6.07, 6.45) is 3.95. The summed E-state index contributed by atoms with van der Waals surface area (Å²) < 4.78 is 44.7. The minimum absolute atomic E-state index is 0.0559. The molecule has 4 N–H and O–H groups in total. The highest BCUT2D eigenvalue weighted by Crippen LogP contribution is 2.35. The lowest BCUT2D eigenvalue weighted by Gasteiger charge is -2.18. The Morgan fingerprint density at radius 1 is 1.02 bits per heavy atom. The molecule has 46 heavy (non-hydrogen) atoms. The van der Waals surface area contributed by atoms with Crippen molar-refractivity contribution >= 4 is 46.5 Å². The number of anilines is 2. The topological polar surface area (TPSA) is 121 Å². The first-order chi connectivity index (χ1) is 22.1. The summed E-state index contributed by atoms with van der Waals surface area (Å²) in [6.45, 7) is 0.0568. The van der Waals surface area contributed by atoms with E-state index in [2.05, 4.69) is 35.5 Å². The van der Waals surface area contributed by atoms with Gasteiger partial charge in [0, 0.05) is 45.6 Å². The van der Waals surface area contributed by atoms with Gasteiger partial charge < -0.3 is 16.0 Å². The van der Waals surface area contributed by atoms with E-state index in [1.165, 1.54) is 30.3 Å². The molecule has 1 fully saturated rings. The molecule has 1 amide bonds. The van der Waals surface area contributed by atoms with Gasteiger partial charge in [0.15, 0.2) is 5.82 Å². The molecule has 6 rings (SSSR count). The molecule has 0 spiro atoms. The van der Waals surface area contributed by atoms with Crippen LogP contribution in [0, 0.1) is 23.4 Å². The van der Waals surface area contributed by atoms with E-state index in [1.807, 2.05) is 14.1 Å². The molecule has 2 unspecified atom stereocenters. The van der Waals surface area contributed by atoms with E-state index in [9.17, 15) is 13.6 Å². The second-order valence-electron chi connectivity index (χ2n) is 11.4. The van der Waals surface area contributed by atoms with E-state index in [4.69, 9.17) is 17.3 Å². The van der Waals surface area contributed by atoms with Gasteiger partial charge in [0.2, 0.25) is 17.8 Å². The zero-order chi connectivity index (χ0) is 32.5. The number of halogens is 4. The number of rotatable bonds is 6. The molecule has 13 heteroatoms. The zero-order valence-corrected chi connectivity index (χ0v) is 25.7. The summed E-state index contributed by atoms with van der Waals surface area (Å²) in [6, 6.07) is 13.1. The Morgan fingerprint density at radius 2 is 1.80 bits per heavy atom. The third-order valence-corrected chi connectivity index (χ3v) is 8.40. The minimum atomic E-state index is -0.755. The van der Waals surface area contributed by atoms with Crippen molar-refractivity contribution in [2.45, 2.75) is 31.8 Å². The highest BCUT2D eigenvalue weighted by Gasteiger charge is 2.31. The summed E-state index contributed by atoms with van der Waals surface area (Å²) in [7, 11) is 3.97. The van der Waals surface area contributed by atoms with Gasteiger partial charge in [-0.1, -0.05) is 23.7 Å². The summed E-state index contributed by atoms with van der Waals surface area (Å²) in [4.78, 5) is 32.3. The largest absolute Gasteiger partial charge is 0.369 e. The van der Waals surface area contributed by atoms with E-state index < -0.39 is 17.5 Å². The number of aromatic nitrogens is 2. The monoisotopic (exact) mass is 646 g/mol. The van der Waals surface area contributed by atoms with Crippen LogP contribution < -0.4 is 16.4 Å². The van der Waals surface area contributed by atoms with Crippen molar-refractivity contribution in [3.63, 3.8) is 0 Å². The number of nitrogens with one attached hydrogen (secondary N) is 2. The normalized spacial score (nSPS) is 17.6. The number of amides is 1. The van der Waals surface area contributed by atoms with Crippen molar-refractivity contribution in [1.29, 1.82) is 0 Å². The van der Waals surface area contributed by atoms with Crippen LogP contribution >= 0.6 is 11.6 Å². The first-order valence-corrected chi connectivity index (χ1v) is 15.0. The number of nitrogens with zero attached hydrogens (tertiary/aromatic N) is 5. The summed E-state index contributed by atoms with van der Waals surface area (Å²) in [5.74, 6) is -2.65. The Hall–Kier alpha value is -4.81. The fourth-order valence-corrected chi connectivity index (χ4v) is 5.95. The first kappa shape index (κ1) is 31.2. The predicted molar refractivity (Wildman–Crippen MR) is 172 cm³/mol. The van der Waals surface area contributed by atoms with Crippen molar-refractivity contribution in [3.05, 3.63) is 100.0 Å². The van der Waals surface area contributed by atoms with Gasteiger partial charge >= 0.3 is 0 Å². The van der Waals surface area contributed by atoms with Crippen molar-refractivity contribution in [3.8, 4) is 11.3 Å². The number of hydrogen-bond acceptors (Lipinski definition) is 7. The van der Waals surface area contributed by atoms with Crippen LogP contribution in [0.25, 0.3) is 11.3 Å². The highest BCUT2D eigenvalue weighted by molar-refractivity contribution is 6.31. The Kier molecular flexibility index (Phi) is 8.74. The fourth-order valence-electron chi connectivity index (χ4n) is 5.78. The molecule has 1 saturated carbocycles. The maximum absolute atomic E-state index is 15.1. The molecule has 2 atom stereocenters. The quantitative estimate of drug-likeness (QED) is 0.172. The number of carbonyl (C=O) groups is 1. The second kappa shape index (κ2) is 12.9. The Bertz CT molecular complexity index is 1880. The van der Waals surface area contributed by atoms with E-state index >= 15 is 4.39 Å². The second-order valence-corrected chi connectivity index (χ2v) is 11.9. The van der Waals surface area contributed by atoms with Gasteiger partial charge in [0.25, 0.3) is 0 Å². The smallest absolute Gasteiger partial charge is 0.229 e. The molecule has 1 aromatic heterocycles. The van der Waals surface area contributed by atoms with Gasteiger partial charge in [-0.05, 0) is 75.8 Å². The molecular formula is C33H30ClF3N8O. The van der Waals surface area contributed by atoms with Gasteiger partial charge in [-0.25, -0.2) is 28.1 Å². The molecule has 236 valence electrons. The predicted octanol–water partition coefficient (Wildman–Crippen LogP) is 6.10. The fraction of sp³-hybridized carbons (Fsp3) is 0.242. The number of guanidine groups is 1. The van der Waals surface area contributed by atoms with Crippen molar-refractivity contribution < 1.29 is 18.0 Å². The number of carbonyl (C=O) groups excluding carboxylic acids is 1. The maximum atomic E-state index is 15.1. The van der Waals surface area contributed by atoms with E-state index in [1.54, 1.807) is 30.5 Å². The van der Waals surface area contributed by atoms with Crippen LogP contribution in [0.15, 0.2) is 70.8 Å². The molecule has 3 aromatic carbocycles. The summed E-state index contributed by atoms with van der Waals surface area (Å²) in [5.41, 5.74) is 8.10. The summed E-state index contributed by atoms with van der Waals surface area (Å²) in [5, 5.41) is 5.92. The molecule has 0 radical (unpaired) electrons. The molecule has 9 nitrogen and oxygen atoms in total. The molecule has 0 saturated heterocycles. The van der Waals surface area contributed by atoms with Gasteiger partial charge in [-0.15, -0.1) is 0 Å². The maximum Gasteiger partial charge on any atom is 0.229 e. The molecular weight excluding hydrogens is 617 g/mol. The Morgan fingerprint density at radius 3 is 2.52 bits per heavy atom. The number of hydrogen-bond donors (Lipinski definition) is 3. The van der Waals surface area contributed by atoms with Crippen LogP contribution in [0.5, 0.6) is 0 Å². The van der Waals surface area contributed by atoms with Gasteiger partial charge in [-0.2, -0.15) is 0 Å². The third kappa shape index (κ3) is 6.44. The molecule has 1 aliphatic carbocycles. The van der Waals surface area contributed by atoms with Crippen molar-refractivity contribution in [2.24, 2.45) is 21.6 Å². The number of fused-ring (bicyclic) bond motifs is 3. The number of nitrogens with two attached hydrogens (primary N) is 1. The van der Waals surface area contributed by atoms with Gasteiger partial charge in [-0.3, -0.25) is 15.1 Å². The Balaban J connectivity index is 1.22. The standard InChI is InChI=1S/C33H30ClF3N8O/c1-45(2)21-9-6-17(12-21)31(46)44-32(38)42-27-11-8-20(14-26(27)37)41-33-40-16-18-15-39-30(28-24(35)4-3-5-25(28)36)23-13-19(34)7-10-22(23)29(18)43-33/h3-5,7-8,10-11,13-14,16-17,21H,6,9,12,15H2,1-2H3,(H,40,41,43)(H3,38,42,44,46). The average molecular weight is 647 g/mol. The van der Waals surface area contributed by atoms with Crippen molar-refractivity contribution in [1.82, 2.24) is 20.2 Å². The lowest BCUT2D eigenvalue weighted by Crippen LogP contribution is -2.40. The van der Waals surface area contributed by atoms with E-state index in [0.717, 1.165) is 19.3 Å². The SMILES string of the molecule is CN(C)C1CCC(C(=O)NC(N)=Nc2ccc(Nc3ncc4c(n3)-c3ccc(Cl)cc3C(c3c(F)cccc3F)=NC4)cc2F)C1. The zero-order valence-electron chi connectivity index (χ0n) is 25.0. The van der Waals surface area contributed by atoms with Crippen LogP contribution in [-0.2, 0) is 11.3 Å². The number of aliphatic imine (C=N–C) groups is 2. The number of benzene rings is 3. The van der Waals surface area contributed by atoms with E-state index in [-0.39, 0.29) is 47.2 Å². The minimum Gasteiger partial charge on any atom is -0.369 e. The van der Waals surface area contributed by atoms with E-state index in [0.29, 0.717) is 39.1 Å². The summed E-state index contributed by atoms with van der Waals surface area (Å²) >= 11 is 6.29. The van der Waals surface area contributed by atoms with Crippen LogP contribution in [0.2, 0.25) is 5.02 Å². The van der Waals surface area contributed by atoms with Crippen LogP contribution in [0.3, 0.4) is 0 Å². The molecule has 4 aromatic rings. The average Bonchev–Trinajstić information content (AvgIpc) is 3.46. The molecule has 0 bridgehead atoms. The lowest BCUT2D eigenvalue weighted by molar-refractivity contribution is -0.123. The molecule has 2 heterocycles. The Labute approximate surface area is 268 Å². The van der Waals surface area contributed by atoms with Gasteiger partial charge in [0.1, 0.15) is 17.3 Å². The van der Waals surface area contributed by atoms with Crippen LogP contribution in [0.4, 0.5) is 30.5 Å². The van der Waals surface area contributed by atoms with Crippen LogP contribution in [0.1, 0.15) is 36.0 Å². The highest BCUT2D eigenvalue weighted by atomic mass is 35.5. The van der Waals surface area contributed by atoms with Gasteiger partial charge in [0.05, 0.1) is 23.5 Å².